The van der Waals surface area contributed by atoms with Crippen molar-refractivity contribution >= 4 is 31.6 Å². The molecule has 0 unspecified atom stereocenters. The molecule has 6 heteroatoms. The second kappa shape index (κ2) is 4.72. The Kier molecular flexibility index (Phi) is 3.46. The standard InChI is InChI=1S/C11H14N2O2S2/c1-8(2)17(14,15)12-7-11-13-9-5-3-4-6-10(9)16-11/h3-6,8,12H,7H2,1-2H3. The largest absolute Gasteiger partial charge is 0.240 e. The van der Waals surface area contributed by atoms with E-state index < -0.39 is 15.3 Å². The summed E-state index contributed by atoms with van der Waals surface area (Å²) >= 11 is 1.51. The van der Waals surface area contributed by atoms with Gasteiger partial charge in [0.2, 0.25) is 10.0 Å². The minimum absolute atomic E-state index is 0.264. The van der Waals surface area contributed by atoms with Crippen LogP contribution in [0.2, 0.25) is 0 Å². The molecule has 0 atom stereocenters. The molecule has 0 saturated carbocycles. The monoisotopic (exact) mass is 270 g/mol. The van der Waals surface area contributed by atoms with Crippen molar-refractivity contribution in [2.45, 2.75) is 25.6 Å². The van der Waals surface area contributed by atoms with Gasteiger partial charge >= 0.3 is 0 Å². The third-order valence-corrected chi connectivity index (χ3v) is 5.21. The Morgan fingerprint density at radius 1 is 1.35 bits per heavy atom. The second-order valence-electron chi connectivity index (χ2n) is 3.99. The molecule has 0 aliphatic carbocycles. The molecule has 1 heterocycles. The van der Waals surface area contributed by atoms with Gasteiger partial charge in [-0.1, -0.05) is 12.1 Å². The Labute approximate surface area is 105 Å². The maximum absolute atomic E-state index is 11.6. The Morgan fingerprint density at radius 3 is 2.71 bits per heavy atom. The summed E-state index contributed by atoms with van der Waals surface area (Å²) in [6, 6.07) is 7.77. The highest BCUT2D eigenvalue weighted by Gasteiger charge is 2.15. The topological polar surface area (TPSA) is 59.1 Å². The molecule has 2 rings (SSSR count). The van der Waals surface area contributed by atoms with Gasteiger partial charge in [-0.15, -0.1) is 11.3 Å². The third kappa shape index (κ3) is 2.83. The summed E-state index contributed by atoms with van der Waals surface area (Å²) in [6.45, 7) is 3.57. The molecule has 1 aromatic heterocycles. The minimum atomic E-state index is -3.22. The summed E-state index contributed by atoms with van der Waals surface area (Å²) in [5.74, 6) is 0. The number of nitrogens with one attached hydrogen (secondary N) is 1. The molecule has 2 aromatic rings. The van der Waals surface area contributed by atoms with E-state index in [1.54, 1.807) is 13.8 Å². The molecule has 0 bridgehead atoms. The lowest BCUT2D eigenvalue weighted by Crippen LogP contribution is -2.30. The first-order valence-corrected chi connectivity index (χ1v) is 7.68. The molecule has 0 saturated heterocycles. The number of fused-ring (bicyclic) bond motifs is 1. The van der Waals surface area contributed by atoms with Crippen molar-refractivity contribution in [2.75, 3.05) is 0 Å². The lowest BCUT2D eigenvalue weighted by Gasteiger charge is -2.07. The number of thiazole rings is 1. The minimum Gasteiger partial charge on any atom is -0.240 e. The number of para-hydroxylation sites is 1. The van der Waals surface area contributed by atoms with E-state index in [-0.39, 0.29) is 6.54 Å². The predicted molar refractivity (Wildman–Crippen MR) is 70.5 cm³/mol. The first-order valence-electron chi connectivity index (χ1n) is 5.32. The highest BCUT2D eigenvalue weighted by atomic mass is 32.2. The van der Waals surface area contributed by atoms with Crippen LogP contribution in [0.4, 0.5) is 0 Å². The van der Waals surface area contributed by atoms with Crippen LogP contribution in [0.3, 0.4) is 0 Å². The number of benzene rings is 1. The summed E-state index contributed by atoms with van der Waals surface area (Å²) < 4.78 is 26.8. The zero-order chi connectivity index (χ0) is 12.5. The molecule has 1 aromatic carbocycles. The molecule has 0 aliphatic rings. The van der Waals surface area contributed by atoms with Crippen molar-refractivity contribution in [1.29, 1.82) is 0 Å². The van der Waals surface area contributed by atoms with Gasteiger partial charge in [-0.25, -0.2) is 18.1 Å². The SMILES string of the molecule is CC(C)S(=O)(=O)NCc1nc2ccccc2s1. The van der Waals surface area contributed by atoms with E-state index in [9.17, 15) is 8.42 Å². The number of hydrogen-bond donors (Lipinski definition) is 1. The van der Waals surface area contributed by atoms with Gasteiger partial charge < -0.3 is 0 Å². The van der Waals surface area contributed by atoms with E-state index in [0.29, 0.717) is 0 Å². The van der Waals surface area contributed by atoms with E-state index >= 15 is 0 Å². The fraction of sp³-hybridized carbons (Fsp3) is 0.364. The van der Waals surface area contributed by atoms with Gasteiger partial charge in [-0.2, -0.15) is 0 Å². The van der Waals surface area contributed by atoms with Crippen LogP contribution in [0.25, 0.3) is 10.2 Å². The van der Waals surface area contributed by atoms with Crippen LogP contribution < -0.4 is 4.72 Å². The van der Waals surface area contributed by atoms with E-state index in [1.807, 2.05) is 24.3 Å². The van der Waals surface area contributed by atoms with E-state index in [0.717, 1.165) is 15.2 Å². The van der Waals surface area contributed by atoms with Crippen molar-refractivity contribution in [3.63, 3.8) is 0 Å². The zero-order valence-corrected chi connectivity index (χ0v) is 11.3. The molecule has 17 heavy (non-hydrogen) atoms. The van der Waals surface area contributed by atoms with Gasteiger partial charge in [0.25, 0.3) is 0 Å². The van der Waals surface area contributed by atoms with E-state index in [1.165, 1.54) is 11.3 Å². The fourth-order valence-electron chi connectivity index (χ4n) is 1.32. The molecule has 0 spiro atoms. The number of sulfonamides is 1. The van der Waals surface area contributed by atoms with Crippen LogP contribution in [0, 0.1) is 0 Å². The molecular weight excluding hydrogens is 256 g/mol. The van der Waals surface area contributed by atoms with Crippen molar-refractivity contribution in [2.24, 2.45) is 0 Å². The summed E-state index contributed by atoms with van der Waals surface area (Å²) in [5, 5.41) is 0.368. The van der Waals surface area contributed by atoms with Gasteiger partial charge in [-0.05, 0) is 26.0 Å². The van der Waals surface area contributed by atoms with Crippen LogP contribution >= 0.6 is 11.3 Å². The predicted octanol–water partition coefficient (Wildman–Crippen LogP) is 2.12. The van der Waals surface area contributed by atoms with E-state index in [2.05, 4.69) is 9.71 Å². The highest BCUT2D eigenvalue weighted by molar-refractivity contribution is 7.90. The number of hydrogen-bond acceptors (Lipinski definition) is 4. The molecule has 0 fully saturated rings. The molecule has 4 nitrogen and oxygen atoms in total. The molecule has 0 amide bonds. The molecule has 92 valence electrons. The van der Waals surface area contributed by atoms with Crippen molar-refractivity contribution < 1.29 is 8.42 Å². The van der Waals surface area contributed by atoms with Crippen LogP contribution in [0.15, 0.2) is 24.3 Å². The second-order valence-corrected chi connectivity index (χ2v) is 7.43. The number of nitrogens with zero attached hydrogens (tertiary/aromatic N) is 1. The normalized spacial score (nSPS) is 12.4. The molecule has 0 aliphatic heterocycles. The third-order valence-electron chi connectivity index (χ3n) is 2.38. The van der Waals surface area contributed by atoms with Crippen LogP contribution in [-0.2, 0) is 16.6 Å². The number of aromatic nitrogens is 1. The van der Waals surface area contributed by atoms with Gasteiger partial charge in [0.05, 0.1) is 22.0 Å². The van der Waals surface area contributed by atoms with Crippen molar-refractivity contribution in [3.05, 3.63) is 29.3 Å². The smallest absolute Gasteiger partial charge is 0.214 e. The summed E-state index contributed by atoms with van der Waals surface area (Å²) in [7, 11) is -3.22. The van der Waals surface area contributed by atoms with Crippen LogP contribution in [0.5, 0.6) is 0 Å². The Hall–Kier alpha value is -0.980. The van der Waals surface area contributed by atoms with Crippen LogP contribution in [-0.4, -0.2) is 18.7 Å². The average Bonchev–Trinajstić information content (AvgIpc) is 2.69. The Morgan fingerprint density at radius 2 is 2.06 bits per heavy atom. The highest BCUT2D eigenvalue weighted by Crippen LogP contribution is 2.21. The van der Waals surface area contributed by atoms with Gasteiger partial charge in [0, 0.05) is 0 Å². The van der Waals surface area contributed by atoms with E-state index in [4.69, 9.17) is 0 Å². The fourth-order valence-corrected chi connectivity index (χ4v) is 2.99. The number of rotatable bonds is 4. The quantitative estimate of drug-likeness (QED) is 0.926. The van der Waals surface area contributed by atoms with Crippen molar-refractivity contribution in [3.8, 4) is 0 Å². The van der Waals surface area contributed by atoms with Gasteiger partial charge in [-0.3, -0.25) is 0 Å². The zero-order valence-electron chi connectivity index (χ0n) is 9.67. The van der Waals surface area contributed by atoms with Crippen molar-refractivity contribution in [1.82, 2.24) is 9.71 Å². The van der Waals surface area contributed by atoms with Crippen LogP contribution in [0.1, 0.15) is 18.9 Å². The average molecular weight is 270 g/mol. The lowest BCUT2D eigenvalue weighted by atomic mass is 10.3. The first kappa shape index (κ1) is 12.5. The molecular formula is C11H14N2O2S2. The lowest BCUT2D eigenvalue weighted by molar-refractivity contribution is 0.572. The first-order chi connectivity index (χ1) is 7.99. The summed E-state index contributed by atoms with van der Waals surface area (Å²) in [5.41, 5.74) is 0.913. The van der Waals surface area contributed by atoms with Gasteiger partial charge in [0.1, 0.15) is 5.01 Å². The Bertz CT molecular complexity index is 584. The summed E-state index contributed by atoms with van der Waals surface area (Å²) in [4.78, 5) is 4.37. The maximum atomic E-state index is 11.6. The molecule has 0 radical (unpaired) electrons. The Balaban J connectivity index is 2.15. The maximum Gasteiger partial charge on any atom is 0.214 e. The molecule has 1 N–H and O–H groups in total. The van der Waals surface area contributed by atoms with Gasteiger partial charge in [0.15, 0.2) is 0 Å². The summed E-state index contributed by atoms with van der Waals surface area (Å²) in [6.07, 6.45) is 0.